The molecule has 0 aliphatic rings. The molecule has 0 aromatic heterocycles. The van der Waals surface area contributed by atoms with Gasteiger partial charge in [0.15, 0.2) is 0 Å². The quantitative estimate of drug-likeness (QED) is 0.371. The number of benzene rings is 2. The van der Waals surface area contributed by atoms with Crippen molar-refractivity contribution < 1.29 is 22.8 Å². The Balaban J connectivity index is 2.21. The van der Waals surface area contributed by atoms with Gasteiger partial charge in [0.2, 0.25) is 0 Å². The van der Waals surface area contributed by atoms with E-state index in [2.05, 4.69) is 16.0 Å². The molecule has 0 saturated carbocycles. The Labute approximate surface area is 172 Å². The highest BCUT2D eigenvalue weighted by Gasteiger charge is 2.33. The highest BCUT2D eigenvalue weighted by atomic mass is 19.4. The first-order valence-corrected chi connectivity index (χ1v) is 8.99. The van der Waals surface area contributed by atoms with Gasteiger partial charge >= 0.3 is 12.2 Å². The molecular formula is C20H24F3N5O2. The van der Waals surface area contributed by atoms with E-state index in [1.54, 1.807) is 25.1 Å². The molecular weight excluding hydrogens is 399 g/mol. The van der Waals surface area contributed by atoms with E-state index >= 15 is 0 Å². The standard InChI is InChI=1S/C20H24F3N5O2/c1-12-7-5-10-18(25-19(29)28(4)27-24)16(12)11-30-26-14(3)15-8-6-9-17(13(15)2)20(21,22)23/h5-10,27H,11,24H2,1-4H3,(H,25,29). The zero-order valence-electron chi connectivity index (χ0n) is 17.1. The second-order valence-electron chi connectivity index (χ2n) is 6.65. The summed E-state index contributed by atoms with van der Waals surface area (Å²) in [5.41, 5.74) is 4.25. The lowest BCUT2D eigenvalue weighted by molar-refractivity contribution is -0.138. The van der Waals surface area contributed by atoms with Crippen LogP contribution in [-0.4, -0.2) is 23.8 Å². The number of urea groups is 1. The second kappa shape index (κ2) is 9.59. The van der Waals surface area contributed by atoms with Crippen LogP contribution < -0.4 is 16.7 Å². The molecule has 0 unspecified atom stereocenters. The van der Waals surface area contributed by atoms with Crippen molar-refractivity contribution in [2.75, 3.05) is 12.4 Å². The number of anilines is 1. The maximum Gasteiger partial charge on any atom is 0.416 e. The zero-order chi connectivity index (χ0) is 22.5. The van der Waals surface area contributed by atoms with E-state index in [9.17, 15) is 18.0 Å². The number of aryl methyl sites for hydroxylation is 1. The van der Waals surface area contributed by atoms with E-state index in [4.69, 9.17) is 10.7 Å². The first-order chi connectivity index (χ1) is 14.1. The first kappa shape index (κ1) is 23.2. The van der Waals surface area contributed by atoms with Gasteiger partial charge in [-0.1, -0.05) is 29.4 Å². The summed E-state index contributed by atoms with van der Waals surface area (Å²) in [5, 5.41) is 7.74. The van der Waals surface area contributed by atoms with E-state index in [1.807, 2.05) is 13.0 Å². The summed E-state index contributed by atoms with van der Waals surface area (Å²) in [6, 6.07) is 8.74. The van der Waals surface area contributed by atoms with Crippen LogP contribution in [0.4, 0.5) is 23.7 Å². The highest BCUT2D eigenvalue weighted by molar-refractivity contribution is 5.99. The second-order valence-corrected chi connectivity index (χ2v) is 6.65. The van der Waals surface area contributed by atoms with Crippen molar-refractivity contribution in [3.05, 3.63) is 64.2 Å². The highest BCUT2D eigenvalue weighted by Crippen LogP contribution is 2.33. The molecule has 0 spiro atoms. The van der Waals surface area contributed by atoms with Gasteiger partial charge in [0.25, 0.3) is 0 Å². The van der Waals surface area contributed by atoms with Gasteiger partial charge in [-0.25, -0.2) is 9.80 Å². The average molecular weight is 423 g/mol. The molecule has 2 aromatic carbocycles. The fraction of sp³-hybridized carbons (Fsp3) is 0.300. The van der Waals surface area contributed by atoms with Crippen LogP contribution in [0.5, 0.6) is 0 Å². The molecule has 2 aromatic rings. The third-order valence-corrected chi connectivity index (χ3v) is 4.59. The molecule has 0 atom stereocenters. The SMILES string of the molecule is CC(=NOCc1c(C)cccc1NC(=O)N(C)NN)c1cccc(C(F)(F)F)c1C. The van der Waals surface area contributed by atoms with Crippen molar-refractivity contribution in [1.82, 2.24) is 10.5 Å². The number of hydrogen-bond acceptors (Lipinski definition) is 5. The number of nitrogens with two attached hydrogens (primary N) is 1. The number of nitrogens with zero attached hydrogens (tertiary/aromatic N) is 2. The lowest BCUT2D eigenvalue weighted by Crippen LogP contribution is -2.46. The molecule has 7 nitrogen and oxygen atoms in total. The topological polar surface area (TPSA) is 92.0 Å². The van der Waals surface area contributed by atoms with Crippen molar-refractivity contribution in [1.29, 1.82) is 0 Å². The monoisotopic (exact) mass is 423 g/mol. The molecule has 162 valence electrons. The lowest BCUT2D eigenvalue weighted by Gasteiger charge is -2.18. The molecule has 2 amide bonds. The van der Waals surface area contributed by atoms with Gasteiger partial charge < -0.3 is 10.2 Å². The number of oxime groups is 1. The van der Waals surface area contributed by atoms with Gasteiger partial charge in [0.05, 0.1) is 11.3 Å². The van der Waals surface area contributed by atoms with Gasteiger partial charge in [-0.3, -0.25) is 5.84 Å². The number of carbonyl (C=O) groups is 1. The molecule has 30 heavy (non-hydrogen) atoms. The number of nitrogens with one attached hydrogen (secondary N) is 2. The Morgan fingerprint density at radius 1 is 1.20 bits per heavy atom. The van der Waals surface area contributed by atoms with Crippen LogP contribution in [-0.2, 0) is 17.6 Å². The Morgan fingerprint density at radius 3 is 2.50 bits per heavy atom. The Bertz CT molecular complexity index is 945. The van der Waals surface area contributed by atoms with Gasteiger partial charge in [-0.2, -0.15) is 18.7 Å². The summed E-state index contributed by atoms with van der Waals surface area (Å²) in [6.45, 7) is 4.82. The van der Waals surface area contributed by atoms with E-state index < -0.39 is 17.8 Å². The molecule has 2 rings (SSSR count). The molecule has 0 radical (unpaired) electrons. The number of alkyl halides is 3. The predicted molar refractivity (Wildman–Crippen MR) is 108 cm³/mol. The summed E-state index contributed by atoms with van der Waals surface area (Å²) in [4.78, 5) is 17.4. The van der Waals surface area contributed by atoms with Crippen molar-refractivity contribution >= 4 is 17.4 Å². The summed E-state index contributed by atoms with van der Waals surface area (Å²) in [7, 11) is 1.45. The van der Waals surface area contributed by atoms with Crippen molar-refractivity contribution in [2.45, 2.75) is 33.6 Å². The van der Waals surface area contributed by atoms with Crippen molar-refractivity contribution in [2.24, 2.45) is 11.0 Å². The first-order valence-electron chi connectivity index (χ1n) is 8.99. The van der Waals surface area contributed by atoms with Gasteiger partial charge in [0.1, 0.15) is 6.61 Å². The lowest BCUT2D eigenvalue weighted by atomic mass is 9.99. The number of carbonyl (C=O) groups excluding carboxylic acids is 1. The summed E-state index contributed by atoms with van der Waals surface area (Å²) >= 11 is 0. The fourth-order valence-corrected chi connectivity index (χ4v) is 2.85. The zero-order valence-corrected chi connectivity index (χ0v) is 17.1. The van der Waals surface area contributed by atoms with Crippen LogP contribution >= 0.6 is 0 Å². The van der Waals surface area contributed by atoms with Gasteiger partial charge in [-0.05, 0) is 44.0 Å². The van der Waals surface area contributed by atoms with Crippen LogP contribution in [0.15, 0.2) is 41.6 Å². The van der Waals surface area contributed by atoms with Crippen molar-refractivity contribution in [3.8, 4) is 0 Å². The summed E-state index contributed by atoms with van der Waals surface area (Å²) in [5.74, 6) is 5.22. The summed E-state index contributed by atoms with van der Waals surface area (Å²) in [6.07, 6.45) is -4.44. The van der Waals surface area contributed by atoms with Crippen LogP contribution in [0.1, 0.15) is 34.7 Å². The third kappa shape index (κ3) is 5.49. The van der Waals surface area contributed by atoms with Crippen LogP contribution in [0.3, 0.4) is 0 Å². The van der Waals surface area contributed by atoms with Gasteiger partial charge in [0, 0.05) is 23.9 Å². The number of rotatable bonds is 6. The predicted octanol–water partition coefficient (Wildman–Crippen LogP) is 4.11. The molecule has 0 aliphatic carbocycles. The van der Waals surface area contributed by atoms with E-state index in [0.29, 0.717) is 22.5 Å². The number of hydrazine groups is 2. The van der Waals surface area contributed by atoms with E-state index in [0.717, 1.165) is 16.6 Å². The maximum atomic E-state index is 13.1. The minimum absolute atomic E-state index is 0.0113. The summed E-state index contributed by atoms with van der Waals surface area (Å²) < 4.78 is 39.4. The van der Waals surface area contributed by atoms with Crippen LogP contribution in [0.25, 0.3) is 0 Å². The van der Waals surface area contributed by atoms with Crippen molar-refractivity contribution in [3.63, 3.8) is 0 Å². The van der Waals surface area contributed by atoms with E-state index in [-0.39, 0.29) is 12.2 Å². The maximum absolute atomic E-state index is 13.1. The number of amides is 2. The number of halogens is 3. The smallest absolute Gasteiger partial charge is 0.391 e. The number of hydrogen-bond donors (Lipinski definition) is 3. The molecule has 4 N–H and O–H groups in total. The van der Waals surface area contributed by atoms with Crippen LogP contribution in [0.2, 0.25) is 0 Å². The normalized spacial score (nSPS) is 11.9. The molecule has 0 aliphatic heterocycles. The molecule has 0 fully saturated rings. The Kier molecular flexibility index (Phi) is 7.41. The largest absolute Gasteiger partial charge is 0.416 e. The molecule has 0 heterocycles. The Hall–Kier alpha value is -3.11. The van der Waals surface area contributed by atoms with Gasteiger partial charge in [-0.15, -0.1) is 0 Å². The third-order valence-electron chi connectivity index (χ3n) is 4.59. The van der Waals surface area contributed by atoms with Crippen LogP contribution in [0, 0.1) is 13.8 Å². The molecule has 10 heteroatoms. The fourth-order valence-electron chi connectivity index (χ4n) is 2.85. The Morgan fingerprint density at radius 2 is 1.87 bits per heavy atom. The average Bonchev–Trinajstić information content (AvgIpc) is 2.68. The van der Waals surface area contributed by atoms with E-state index in [1.165, 1.54) is 20.0 Å². The minimum Gasteiger partial charge on any atom is -0.391 e. The minimum atomic E-state index is -4.44. The molecule has 0 saturated heterocycles. The molecule has 0 bridgehead atoms.